The van der Waals surface area contributed by atoms with Crippen LogP contribution in [0.3, 0.4) is 0 Å². The van der Waals surface area contributed by atoms with Gasteiger partial charge in [-0.2, -0.15) is 18.3 Å². The molecule has 3 unspecified atom stereocenters. The van der Waals surface area contributed by atoms with Crippen LogP contribution < -0.4 is 5.73 Å². The molecule has 3 heterocycles. The van der Waals surface area contributed by atoms with Crippen LogP contribution in [0.4, 0.5) is 13.2 Å². The van der Waals surface area contributed by atoms with Crippen LogP contribution in [0.2, 0.25) is 0 Å². The Morgan fingerprint density at radius 1 is 1.05 bits per heavy atom. The number of nitrogens with zero attached hydrogens (tertiary/aromatic N) is 5. The number of halogens is 3. The fourth-order valence-corrected chi connectivity index (χ4v) is 7.84. The van der Waals surface area contributed by atoms with Crippen LogP contribution >= 0.6 is 0 Å². The highest BCUT2D eigenvalue weighted by molar-refractivity contribution is 5.96. The highest BCUT2D eigenvalue weighted by Gasteiger charge is 2.81. The first-order valence-electron chi connectivity index (χ1n) is 14.5. The summed E-state index contributed by atoms with van der Waals surface area (Å²) in [6, 6.07) is 4.36. The number of hydrogen-bond acceptors (Lipinski definition) is 6. The third-order valence-electron chi connectivity index (χ3n) is 10.1. The number of piperazine rings is 1. The van der Waals surface area contributed by atoms with Crippen molar-refractivity contribution in [3.8, 4) is 0 Å². The van der Waals surface area contributed by atoms with E-state index in [9.17, 15) is 27.9 Å². The van der Waals surface area contributed by atoms with Crippen molar-refractivity contribution in [3.63, 3.8) is 0 Å². The molecule has 2 saturated heterocycles. The second kappa shape index (κ2) is 9.53. The Bertz CT molecular complexity index is 1380. The summed E-state index contributed by atoms with van der Waals surface area (Å²) in [4.78, 5) is 32.5. The van der Waals surface area contributed by atoms with Gasteiger partial charge in [0.25, 0.3) is 5.91 Å². The molecule has 1 aromatic heterocycles. The fourth-order valence-electron chi connectivity index (χ4n) is 7.84. The molecule has 2 bridgehead atoms. The Kier molecular flexibility index (Phi) is 6.26. The average Bonchev–Trinajstić information content (AvgIpc) is 3.70. The number of rotatable bonds is 6. The van der Waals surface area contributed by atoms with E-state index in [1.165, 1.54) is 13.0 Å². The molecule has 5 atom stereocenters. The number of nitrogens with two attached hydrogens (primary N) is 1. The number of hydrogen-bond donors (Lipinski definition) is 2. The van der Waals surface area contributed by atoms with Gasteiger partial charge in [0.05, 0.1) is 5.56 Å². The largest absolute Gasteiger partial charge is 0.416 e. The van der Waals surface area contributed by atoms with E-state index in [1.807, 2.05) is 4.90 Å². The van der Waals surface area contributed by atoms with Gasteiger partial charge in [-0.25, -0.2) is 0 Å². The van der Waals surface area contributed by atoms with Crippen molar-refractivity contribution in [2.24, 2.45) is 17.6 Å². The summed E-state index contributed by atoms with van der Waals surface area (Å²) >= 11 is 0. The first-order chi connectivity index (χ1) is 19.5. The van der Waals surface area contributed by atoms with Crippen molar-refractivity contribution >= 4 is 11.8 Å². The second-order valence-corrected chi connectivity index (χ2v) is 12.3. The highest BCUT2D eigenvalue weighted by Crippen LogP contribution is 2.88. The summed E-state index contributed by atoms with van der Waals surface area (Å²) in [6.07, 6.45) is -4.07. The first kappa shape index (κ1) is 26.9. The maximum Gasteiger partial charge on any atom is 0.416 e. The first-order valence-corrected chi connectivity index (χ1v) is 14.5. The number of carbonyl (C=O) groups excluding carboxylic acids is 2. The molecular formula is C29H35F3N6O3. The minimum absolute atomic E-state index is 0.0241. The summed E-state index contributed by atoms with van der Waals surface area (Å²) in [5.41, 5.74) is 8.47. The lowest BCUT2D eigenvalue weighted by atomic mass is 9.85. The number of aliphatic hydroxyl groups is 1. The van der Waals surface area contributed by atoms with Crippen molar-refractivity contribution in [3.05, 3.63) is 51.8 Å². The third kappa shape index (κ3) is 4.45. The summed E-state index contributed by atoms with van der Waals surface area (Å²) < 4.78 is 42.0. The van der Waals surface area contributed by atoms with Crippen LogP contribution in [0.25, 0.3) is 0 Å². The average molecular weight is 573 g/mol. The smallest absolute Gasteiger partial charge is 0.377 e. The van der Waals surface area contributed by atoms with Gasteiger partial charge in [-0.15, -0.1) is 0 Å². The van der Waals surface area contributed by atoms with E-state index in [-0.39, 0.29) is 29.8 Å². The van der Waals surface area contributed by atoms with Crippen LogP contribution in [0.15, 0.2) is 18.2 Å². The molecule has 2 amide bonds. The van der Waals surface area contributed by atoms with Crippen LogP contribution in [0.5, 0.6) is 0 Å². The molecule has 4 fully saturated rings. The van der Waals surface area contributed by atoms with E-state index in [4.69, 9.17) is 10.8 Å². The number of alkyl halides is 3. The van der Waals surface area contributed by atoms with Crippen LogP contribution in [-0.4, -0.2) is 93.4 Å². The Morgan fingerprint density at radius 3 is 2.37 bits per heavy atom. The van der Waals surface area contributed by atoms with Crippen molar-refractivity contribution < 1.29 is 27.9 Å². The molecule has 1 aromatic carbocycles. The lowest BCUT2D eigenvalue weighted by Gasteiger charge is -2.35. The van der Waals surface area contributed by atoms with Gasteiger partial charge in [0.1, 0.15) is 12.8 Å². The van der Waals surface area contributed by atoms with Gasteiger partial charge in [-0.05, 0) is 60.6 Å². The number of carbonyl (C=O) groups is 2. The van der Waals surface area contributed by atoms with E-state index in [0.717, 1.165) is 17.3 Å². The number of amides is 2. The van der Waals surface area contributed by atoms with Crippen molar-refractivity contribution in [2.45, 2.75) is 56.5 Å². The monoisotopic (exact) mass is 572 g/mol. The zero-order valence-electron chi connectivity index (χ0n) is 23.0. The SMILES string of the molecule is Cc1c(C2CCN(C(=O)Cn3nc(C(=O)N4CCN(CC(N)O)CC4)c4c3C3C5[C@H]3[C@H]45)CC2)cccc1C(F)(F)F. The molecule has 6 aliphatic rings. The molecule has 2 aromatic rings. The molecule has 12 heteroatoms. The standard InChI is InChI=1S/C29H35F3N6O3/c1-15-17(3-2-4-18(15)29(30,31)32)16-5-7-36(8-6-16)20(40)14-38-27-24-21-22(24)23(21)25(27)26(34-38)28(41)37-11-9-35(10-12-37)13-19(33)39/h2-4,16,19,21-24,39H,5-14,33H2,1H3/t19?,21-,22?,23-,24?/m0/s1. The maximum atomic E-state index is 13.5. The molecule has 2 saturated carbocycles. The zero-order valence-corrected chi connectivity index (χ0v) is 23.0. The van der Waals surface area contributed by atoms with E-state index in [1.54, 1.807) is 20.5 Å². The van der Waals surface area contributed by atoms with Crippen molar-refractivity contribution in [2.75, 3.05) is 45.8 Å². The minimum Gasteiger partial charge on any atom is -0.377 e. The predicted octanol–water partition coefficient (Wildman–Crippen LogP) is 2.09. The minimum atomic E-state index is -4.38. The normalized spacial score (nSPS) is 28.0. The van der Waals surface area contributed by atoms with Crippen LogP contribution in [0.1, 0.15) is 69.0 Å². The summed E-state index contributed by atoms with van der Waals surface area (Å²) in [5.74, 6) is 1.83. The van der Waals surface area contributed by atoms with Gasteiger partial charge in [0.15, 0.2) is 5.69 Å². The topological polar surface area (TPSA) is 108 Å². The maximum absolute atomic E-state index is 13.5. The van der Waals surface area contributed by atoms with Gasteiger partial charge in [0.2, 0.25) is 5.91 Å². The Hall–Kier alpha value is -2.96. The number of β-amino-alcohol motifs (C(OH)–C–C–N with tert-alkyl or cyclic N) is 1. The summed E-state index contributed by atoms with van der Waals surface area (Å²) in [6.45, 7) is 5.28. The lowest BCUT2D eigenvalue weighted by molar-refractivity contribution is -0.138. The molecule has 2 aliphatic heterocycles. The third-order valence-corrected chi connectivity index (χ3v) is 10.1. The van der Waals surface area contributed by atoms with Gasteiger partial charge in [-0.1, -0.05) is 12.1 Å². The fraction of sp³-hybridized carbons (Fsp3) is 0.621. The van der Waals surface area contributed by atoms with E-state index >= 15 is 0 Å². The molecule has 220 valence electrons. The van der Waals surface area contributed by atoms with Gasteiger partial charge in [0, 0.05) is 63.0 Å². The Balaban J connectivity index is 1.01. The van der Waals surface area contributed by atoms with E-state index in [2.05, 4.69) is 0 Å². The highest BCUT2D eigenvalue weighted by atomic mass is 19.4. The summed E-state index contributed by atoms with van der Waals surface area (Å²) in [7, 11) is 0. The van der Waals surface area contributed by atoms with E-state index in [0.29, 0.717) is 93.6 Å². The molecule has 3 N–H and O–H groups in total. The molecule has 4 aliphatic carbocycles. The quantitative estimate of drug-likeness (QED) is 0.514. The Morgan fingerprint density at radius 2 is 1.73 bits per heavy atom. The molecule has 8 rings (SSSR count). The van der Waals surface area contributed by atoms with E-state index < -0.39 is 18.0 Å². The lowest BCUT2D eigenvalue weighted by Crippen LogP contribution is -2.51. The second-order valence-electron chi connectivity index (χ2n) is 12.3. The molecule has 0 radical (unpaired) electrons. The van der Waals surface area contributed by atoms with Gasteiger partial charge in [-0.3, -0.25) is 19.2 Å². The predicted molar refractivity (Wildman–Crippen MR) is 142 cm³/mol. The van der Waals surface area contributed by atoms with Crippen LogP contribution in [0, 0.1) is 18.8 Å². The number of piperidine rings is 1. The number of aliphatic hydroxyl groups excluding tert-OH is 1. The molecule has 9 nitrogen and oxygen atoms in total. The Labute approximate surface area is 236 Å². The van der Waals surface area contributed by atoms with Crippen molar-refractivity contribution in [1.29, 1.82) is 0 Å². The zero-order chi connectivity index (χ0) is 28.8. The van der Waals surface area contributed by atoms with Gasteiger partial charge >= 0.3 is 6.18 Å². The number of likely N-dealkylation sites (tertiary alicyclic amines) is 1. The van der Waals surface area contributed by atoms with Gasteiger partial charge < -0.3 is 20.6 Å². The summed E-state index contributed by atoms with van der Waals surface area (Å²) in [5, 5.41) is 14.2. The molecule has 41 heavy (non-hydrogen) atoms. The number of aromatic nitrogens is 2. The van der Waals surface area contributed by atoms with Crippen molar-refractivity contribution in [1.82, 2.24) is 24.5 Å². The van der Waals surface area contributed by atoms with Crippen LogP contribution in [-0.2, 0) is 17.5 Å². The number of benzene rings is 1. The molecule has 0 spiro atoms. The molecular weight excluding hydrogens is 537 g/mol.